The van der Waals surface area contributed by atoms with Crippen LogP contribution in [0.1, 0.15) is 6.92 Å². The lowest BCUT2D eigenvalue weighted by Gasteiger charge is -2.09. The second-order valence-corrected chi connectivity index (χ2v) is 2.48. The molecular formula is C7H5F6NO3. The highest BCUT2D eigenvalue weighted by Crippen LogP contribution is 2.22. The summed E-state index contributed by atoms with van der Waals surface area (Å²) in [4.78, 5) is 22.6. The summed E-state index contributed by atoms with van der Waals surface area (Å²) in [5, 5.41) is 0. The number of nitrogens with zero attached hydrogens (tertiary/aromatic N) is 1. The molecule has 10 heteroatoms. The summed E-state index contributed by atoms with van der Waals surface area (Å²) in [7, 11) is 0. The van der Waals surface area contributed by atoms with E-state index in [4.69, 9.17) is 0 Å². The Hall–Kier alpha value is -1.61. The Kier molecular flexibility index (Phi) is 4.66. The molecule has 0 N–H and O–H groups in total. The number of alkyl halides is 6. The van der Waals surface area contributed by atoms with E-state index in [2.05, 4.69) is 4.74 Å². The lowest BCUT2D eigenvalue weighted by Crippen LogP contribution is -2.35. The molecule has 0 radical (unpaired) electrons. The standard InChI is InChI=1S/C7H5F6NO3/c1-2-17-4(15)3(6(8,9)10)14-5(16)7(11,12)13/h2H2,1H3. The molecule has 0 aromatic rings. The van der Waals surface area contributed by atoms with Gasteiger partial charge in [-0.1, -0.05) is 0 Å². The van der Waals surface area contributed by atoms with Crippen molar-refractivity contribution in [1.82, 2.24) is 0 Å². The fourth-order valence-electron chi connectivity index (χ4n) is 0.589. The molecule has 98 valence electrons. The van der Waals surface area contributed by atoms with Crippen molar-refractivity contribution < 1.29 is 40.7 Å². The molecule has 0 spiro atoms. The highest BCUT2D eigenvalue weighted by atomic mass is 19.4. The van der Waals surface area contributed by atoms with Crippen LogP contribution >= 0.6 is 0 Å². The van der Waals surface area contributed by atoms with Gasteiger partial charge in [0.05, 0.1) is 6.61 Å². The van der Waals surface area contributed by atoms with Crippen LogP contribution in [-0.2, 0) is 14.3 Å². The minimum absolute atomic E-state index is 0.506. The van der Waals surface area contributed by atoms with E-state index < -0.39 is 36.5 Å². The van der Waals surface area contributed by atoms with E-state index in [1.54, 1.807) is 4.99 Å². The van der Waals surface area contributed by atoms with Crippen LogP contribution in [0.15, 0.2) is 4.99 Å². The zero-order chi connectivity index (χ0) is 13.9. The van der Waals surface area contributed by atoms with Crippen LogP contribution in [0, 0.1) is 0 Å². The second-order valence-electron chi connectivity index (χ2n) is 2.48. The Labute approximate surface area is 90.3 Å². The van der Waals surface area contributed by atoms with Gasteiger partial charge in [-0.05, 0) is 6.92 Å². The number of hydrogen-bond donors (Lipinski definition) is 0. The maximum Gasteiger partial charge on any atom is 0.473 e. The molecule has 0 aliphatic rings. The monoisotopic (exact) mass is 265 g/mol. The van der Waals surface area contributed by atoms with E-state index in [1.165, 1.54) is 0 Å². The molecule has 0 bridgehead atoms. The van der Waals surface area contributed by atoms with Gasteiger partial charge >= 0.3 is 24.2 Å². The SMILES string of the molecule is CCOC(=O)C(=NC(=O)C(F)(F)F)C(F)(F)F. The van der Waals surface area contributed by atoms with Gasteiger partial charge in [0.2, 0.25) is 5.71 Å². The van der Waals surface area contributed by atoms with Crippen molar-refractivity contribution >= 4 is 17.6 Å². The first-order chi connectivity index (χ1) is 7.50. The molecule has 4 nitrogen and oxygen atoms in total. The van der Waals surface area contributed by atoms with Crippen molar-refractivity contribution in [3.63, 3.8) is 0 Å². The predicted octanol–water partition coefficient (Wildman–Crippen LogP) is 1.64. The Balaban J connectivity index is 5.29. The van der Waals surface area contributed by atoms with Crippen LogP contribution in [0.3, 0.4) is 0 Å². The van der Waals surface area contributed by atoms with Gasteiger partial charge in [-0.25, -0.2) is 4.79 Å². The molecule has 0 aliphatic carbocycles. The molecule has 0 atom stereocenters. The van der Waals surface area contributed by atoms with Crippen LogP contribution in [0.2, 0.25) is 0 Å². The first-order valence-electron chi connectivity index (χ1n) is 3.94. The van der Waals surface area contributed by atoms with Crippen LogP contribution < -0.4 is 0 Å². The minimum Gasteiger partial charge on any atom is -0.461 e. The average Bonchev–Trinajstić information content (AvgIpc) is 2.10. The van der Waals surface area contributed by atoms with Gasteiger partial charge in [-0.3, -0.25) is 4.79 Å². The van der Waals surface area contributed by atoms with Gasteiger partial charge in [0.15, 0.2) is 0 Å². The number of esters is 1. The van der Waals surface area contributed by atoms with Gasteiger partial charge in [0, 0.05) is 0 Å². The molecule has 0 fully saturated rings. The van der Waals surface area contributed by atoms with E-state index in [0.717, 1.165) is 6.92 Å². The zero-order valence-corrected chi connectivity index (χ0v) is 8.15. The first kappa shape index (κ1) is 15.4. The molecule has 17 heavy (non-hydrogen) atoms. The Morgan fingerprint density at radius 3 is 1.82 bits per heavy atom. The topological polar surface area (TPSA) is 55.7 Å². The maximum absolute atomic E-state index is 12.1. The van der Waals surface area contributed by atoms with E-state index in [-0.39, 0.29) is 0 Å². The molecule has 0 aliphatic heterocycles. The number of ether oxygens (including phenoxy) is 1. The van der Waals surface area contributed by atoms with E-state index in [1.807, 2.05) is 0 Å². The Morgan fingerprint density at radius 2 is 1.53 bits per heavy atom. The summed E-state index contributed by atoms with van der Waals surface area (Å²) < 4.78 is 75.1. The smallest absolute Gasteiger partial charge is 0.461 e. The van der Waals surface area contributed by atoms with Crippen molar-refractivity contribution in [1.29, 1.82) is 0 Å². The minimum atomic E-state index is -5.59. The number of carbonyl (C=O) groups excluding carboxylic acids is 2. The van der Waals surface area contributed by atoms with Crippen LogP contribution in [0.25, 0.3) is 0 Å². The predicted molar refractivity (Wildman–Crippen MR) is 41.2 cm³/mol. The summed E-state index contributed by atoms with van der Waals surface area (Å²) in [5.41, 5.74) is -2.54. The Morgan fingerprint density at radius 1 is 1.06 bits per heavy atom. The second kappa shape index (κ2) is 5.15. The molecule has 0 aromatic heterocycles. The molecule has 0 unspecified atom stereocenters. The molecule has 0 saturated carbocycles. The first-order valence-corrected chi connectivity index (χ1v) is 3.94. The highest BCUT2D eigenvalue weighted by Gasteiger charge is 2.46. The average molecular weight is 265 g/mol. The van der Waals surface area contributed by atoms with Crippen molar-refractivity contribution in [2.75, 3.05) is 6.61 Å². The van der Waals surface area contributed by atoms with Crippen molar-refractivity contribution in [3.05, 3.63) is 0 Å². The number of rotatable bonds is 2. The zero-order valence-electron chi connectivity index (χ0n) is 8.15. The molecule has 0 saturated heterocycles. The molecule has 0 heterocycles. The number of amides is 1. The van der Waals surface area contributed by atoms with Crippen molar-refractivity contribution in [2.45, 2.75) is 19.3 Å². The highest BCUT2D eigenvalue weighted by molar-refractivity contribution is 6.40. The Bertz CT molecular complexity index is 342. The molecule has 0 aromatic carbocycles. The molecular weight excluding hydrogens is 260 g/mol. The summed E-state index contributed by atoms with van der Waals surface area (Å²) >= 11 is 0. The molecule has 0 rings (SSSR count). The van der Waals surface area contributed by atoms with Gasteiger partial charge in [-0.15, -0.1) is 0 Å². The van der Waals surface area contributed by atoms with Gasteiger partial charge < -0.3 is 4.74 Å². The lowest BCUT2D eigenvalue weighted by atomic mass is 10.3. The normalized spacial score (nSPS) is 13.5. The summed E-state index contributed by atoms with van der Waals surface area (Å²) in [6, 6.07) is 0. The quantitative estimate of drug-likeness (QED) is 0.433. The van der Waals surface area contributed by atoms with Gasteiger partial charge in [0.25, 0.3) is 0 Å². The van der Waals surface area contributed by atoms with E-state index in [9.17, 15) is 35.9 Å². The van der Waals surface area contributed by atoms with E-state index in [0.29, 0.717) is 0 Å². The largest absolute Gasteiger partial charge is 0.473 e. The number of hydrogen-bond acceptors (Lipinski definition) is 3. The van der Waals surface area contributed by atoms with Crippen LogP contribution in [0.4, 0.5) is 26.3 Å². The fraction of sp³-hybridized carbons (Fsp3) is 0.571. The van der Waals surface area contributed by atoms with E-state index >= 15 is 0 Å². The summed E-state index contributed by atoms with van der Waals surface area (Å²) in [6.07, 6.45) is -11.1. The lowest BCUT2D eigenvalue weighted by molar-refractivity contribution is -0.170. The number of halogens is 6. The fourth-order valence-corrected chi connectivity index (χ4v) is 0.589. The number of carbonyl (C=O) groups is 2. The van der Waals surface area contributed by atoms with Crippen molar-refractivity contribution in [3.8, 4) is 0 Å². The van der Waals surface area contributed by atoms with Gasteiger partial charge in [-0.2, -0.15) is 31.3 Å². The summed E-state index contributed by atoms with van der Waals surface area (Å²) in [6.45, 7) is 0.631. The maximum atomic E-state index is 12.1. The summed E-state index contributed by atoms with van der Waals surface area (Å²) in [5.74, 6) is -5.17. The third-order valence-corrected chi connectivity index (χ3v) is 1.19. The van der Waals surface area contributed by atoms with Crippen LogP contribution in [0.5, 0.6) is 0 Å². The third kappa shape index (κ3) is 4.83. The number of aliphatic imine (C=N–C) groups is 1. The van der Waals surface area contributed by atoms with Crippen molar-refractivity contribution in [2.24, 2.45) is 4.99 Å². The third-order valence-electron chi connectivity index (χ3n) is 1.19. The van der Waals surface area contributed by atoms with Crippen LogP contribution in [-0.4, -0.2) is 36.5 Å². The van der Waals surface area contributed by atoms with Gasteiger partial charge in [0.1, 0.15) is 0 Å². The molecule has 1 amide bonds.